The zero-order valence-electron chi connectivity index (χ0n) is 11.5. The fourth-order valence-electron chi connectivity index (χ4n) is 0. The summed E-state index contributed by atoms with van der Waals surface area (Å²) in [5, 5.41) is 29.7. The molecule has 0 aliphatic rings. The molecular weight excluding hydrogens is 314 g/mol. The van der Waals surface area contributed by atoms with Gasteiger partial charge < -0.3 is 15.3 Å². The molecule has 0 aliphatic heterocycles. The molecule has 0 amide bonds. The van der Waals surface area contributed by atoms with Gasteiger partial charge in [-0.2, -0.15) is 0 Å². The first-order valence-corrected chi connectivity index (χ1v) is 5.79. The van der Waals surface area contributed by atoms with Gasteiger partial charge in [0.25, 0.3) is 0 Å². The number of hydrogen-bond donors (Lipinski definition) is 0. The van der Waals surface area contributed by atoms with Crippen LogP contribution in [-0.2, 0) is 0 Å². The maximum atomic E-state index is 9.90. The Kier molecular flexibility index (Phi) is 33.5. The normalized spacial score (nSPS) is 14.1. The van der Waals surface area contributed by atoms with Crippen LogP contribution in [0.4, 0.5) is 0 Å². The van der Waals surface area contributed by atoms with E-state index in [9.17, 15) is 15.3 Å². The Balaban J connectivity index is -0.0000000655. The predicted molar refractivity (Wildman–Crippen MR) is 65.0 cm³/mol. The molecular formula is C12H27O3Sb. The van der Waals surface area contributed by atoms with Crippen molar-refractivity contribution in [3.8, 4) is 0 Å². The first-order chi connectivity index (χ1) is 6.81. The predicted octanol–water partition coefficient (Wildman–Crippen LogP) is 0.0548. The van der Waals surface area contributed by atoms with E-state index in [1.165, 1.54) is 0 Å². The fraction of sp³-hybridized carbons (Fsp3) is 1.00. The fourth-order valence-corrected chi connectivity index (χ4v) is 0. The zero-order chi connectivity index (χ0) is 12.9. The Morgan fingerprint density at radius 1 is 0.625 bits per heavy atom. The van der Waals surface area contributed by atoms with Crippen molar-refractivity contribution in [3.63, 3.8) is 0 Å². The van der Waals surface area contributed by atoms with Crippen molar-refractivity contribution in [3.05, 3.63) is 0 Å². The third kappa shape index (κ3) is 61.5. The van der Waals surface area contributed by atoms with Crippen LogP contribution in [0.1, 0.15) is 60.8 Å². The quantitative estimate of drug-likeness (QED) is 0.682. The zero-order valence-corrected chi connectivity index (χ0v) is 14.1. The summed E-state index contributed by atoms with van der Waals surface area (Å²) in [5.41, 5.74) is 0. The van der Waals surface area contributed by atoms with Crippen LogP contribution in [0.15, 0.2) is 0 Å². The van der Waals surface area contributed by atoms with Gasteiger partial charge in [0.05, 0.1) is 0 Å². The van der Waals surface area contributed by atoms with Gasteiger partial charge in [0.2, 0.25) is 0 Å². The van der Waals surface area contributed by atoms with Crippen LogP contribution in [0.5, 0.6) is 0 Å². The first kappa shape index (κ1) is 25.5. The second-order valence-electron chi connectivity index (χ2n) is 3.66. The second kappa shape index (κ2) is 21.0. The van der Waals surface area contributed by atoms with Gasteiger partial charge in [-0.1, -0.05) is 60.8 Å². The molecule has 3 nitrogen and oxygen atoms in total. The minimum Gasteiger partial charge on any atom is -0.852 e. The third-order valence-electron chi connectivity index (χ3n) is 1.72. The van der Waals surface area contributed by atoms with Crippen LogP contribution in [-0.4, -0.2) is 42.7 Å². The smallest absolute Gasteiger partial charge is 0.852 e. The molecule has 0 aromatic rings. The molecule has 0 aromatic heterocycles. The standard InChI is InChI=1S/3C4H9O.Sb/c3*1-3-4(2)5;/h3*4H,3H2,1-2H3;/q3*-1;+3. The molecule has 0 fully saturated rings. The third-order valence-corrected chi connectivity index (χ3v) is 1.72. The maximum absolute atomic E-state index is 9.90. The Hall–Kier alpha value is 0.698. The van der Waals surface area contributed by atoms with Crippen molar-refractivity contribution >= 4 is 24.4 Å². The summed E-state index contributed by atoms with van der Waals surface area (Å²) in [6, 6.07) is 0. The van der Waals surface area contributed by atoms with Crippen molar-refractivity contribution in [2.75, 3.05) is 0 Å². The van der Waals surface area contributed by atoms with Crippen LogP contribution in [0.2, 0.25) is 0 Å². The van der Waals surface area contributed by atoms with Crippen LogP contribution < -0.4 is 15.3 Å². The molecule has 0 bridgehead atoms. The van der Waals surface area contributed by atoms with Gasteiger partial charge in [-0.25, -0.2) is 0 Å². The van der Waals surface area contributed by atoms with Crippen LogP contribution >= 0.6 is 0 Å². The minimum absolute atomic E-state index is 0. The monoisotopic (exact) mass is 340 g/mol. The number of hydrogen-bond acceptors (Lipinski definition) is 3. The Morgan fingerprint density at radius 2 is 0.688 bits per heavy atom. The Bertz CT molecular complexity index is 77.2. The molecule has 98 valence electrons. The van der Waals surface area contributed by atoms with E-state index in [1.807, 2.05) is 20.8 Å². The van der Waals surface area contributed by atoms with Crippen LogP contribution in [0.3, 0.4) is 0 Å². The van der Waals surface area contributed by atoms with Crippen LogP contribution in [0, 0.1) is 0 Å². The molecule has 0 rings (SSSR count). The van der Waals surface area contributed by atoms with E-state index in [1.54, 1.807) is 20.8 Å². The molecule has 2 radical (unpaired) electrons. The van der Waals surface area contributed by atoms with E-state index in [-0.39, 0.29) is 42.7 Å². The maximum Gasteiger partial charge on any atom is 3.00 e. The summed E-state index contributed by atoms with van der Waals surface area (Å²) in [6.07, 6.45) is 1.15. The summed E-state index contributed by atoms with van der Waals surface area (Å²) in [4.78, 5) is 0. The van der Waals surface area contributed by atoms with E-state index in [0.717, 1.165) is 19.3 Å². The molecule has 0 spiro atoms. The molecule has 3 atom stereocenters. The van der Waals surface area contributed by atoms with E-state index < -0.39 is 0 Å². The van der Waals surface area contributed by atoms with Crippen molar-refractivity contribution < 1.29 is 15.3 Å². The van der Waals surface area contributed by atoms with Gasteiger partial charge in [0.1, 0.15) is 0 Å². The van der Waals surface area contributed by atoms with Gasteiger partial charge in [0, 0.05) is 0 Å². The molecule has 0 heterocycles. The molecule has 0 saturated heterocycles. The van der Waals surface area contributed by atoms with Gasteiger partial charge in [-0.05, 0) is 0 Å². The van der Waals surface area contributed by atoms with Crippen molar-refractivity contribution in [1.82, 2.24) is 0 Å². The summed E-state index contributed by atoms with van der Waals surface area (Å²) in [6.45, 7) is 10.7. The molecule has 0 aliphatic carbocycles. The van der Waals surface area contributed by atoms with Crippen molar-refractivity contribution in [2.24, 2.45) is 0 Å². The SMILES string of the molecule is CCC(C)[O-].CCC(C)[O-].CCC(C)[O-].[Sb+3]. The van der Waals surface area contributed by atoms with Crippen molar-refractivity contribution in [2.45, 2.75) is 79.1 Å². The molecule has 3 unspecified atom stereocenters. The summed E-state index contributed by atoms with van der Waals surface area (Å²) >= 11 is 0. The average molecular weight is 341 g/mol. The molecule has 4 heteroatoms. The molecule has 0 aromatic carbocycles. The Morgan fingerprint density at radius 3 is 0.688 bits per heavy atom. The Labute approximate surface area is 119 Å². The topological polar surface area (TPSA) is 69.2 Å². The number of rotatable bonds is 3. The molecule has 16 heavy (non-hydrogen) atoms. The van der Waals surface area contributed by atoms with Crippen molar-refractivity contribution in [1.29, 1.82) is 0 Å². The second-order valence-corrected chi connectivity index (χ2v) is 3.66. The minimum atomic E-state index is -0.366. The van der Waals surface area contributed by atoms with Gasteiger partial charge in [-0.15, -0.1) is 18.3 Å². The molecule has 0 saturated carbocycles. The van der Waals surface area contributed by atoms with E-state index in [0.29, 0.717) is 0 Å². The average Bonchev–Trinajstić information content (AvgIpc) is 2.19. The molecule has 0 N–H and O–H groups in total. The van der Waals surface area contributed by atoms with Gasteiger partial charge in [0.15, 0.2) is 0 Å². The van der Waals surface area contributed by atoms with Gasteiger partial charge in [-0.3, -0.25) is 0 Å². The van der Waals surface area contributed by atoms with Crippen LogP contribution in [0.25, 0.3) is 0 Å². The van der Waals surface area contributed by atoms with E-state index in [4.69, 9.17) is 0 Å². The first-order valence-electron chi connectivity index (χ1n) is 5.79. The van der Waals surface area contributed by atoms with E-state index >= 15 is 0 Å². The summed E-state index contributed by atoms with van der Waals surface area (Å²) in [7, 11) is 0. The largest absolute Gasteiger partial charge is 3.00 e. The summed E-state index contributed by atoms with van der Waals surface area (Å²) in [5.74, 6) is 0. The summed E-state index contributed by atoms with van der Waals surface area (Å²) < 4.78 is 0. The van der Waals surface area contributed by atoms with Gasteiger partial charge >= 0.3 is 24.4 Å². The van der Waals surface area contributed by atoms with E-state index in [2.05, 4.69) is 0 Å².